The summed E-state index contributed by atoms with van der Waals surface area (Å²) in [5, 5.41) is 6.79. The Kier molecular flexibility index (Phi) is 2.50. The SMILES string of the molecule is N=C(N)c1ccccc1C(=O)S. The Balaban J connectivity index is 3.27. The molecule has 1 aromatic carbocycles. The molecular formula is C8H8N2OS. The van der Waals surface area contributed by atoms with Crippen molar-refractivity contribution in [3.8, 4) is 0 Å². The molecular weight excluding hydrogens is 172 g/mol. The molecule has 0 bridgehead atoms. The van der Waals surface area contributed by atoms with Gasteiger partial charge in [-0.05, 0) is 6.07 Å². The van der Waals surface area contributed by atoms with Crippen molar-refractivity contribution in [3.05, 3.63) is 35.4 Å². The van der Waals surface area contributed by atoms with Crippen molar-refractivity contribution in [1.82, 2.24) is 0 Å². The van der Waals surface area contributed by atoms with E-state index in [1.807, 2.05) is 0 Å². The first-order valence-electron chi connectivity index (χ1n) is 3.29. The number of thiol groups is 1. The second-order valence-corrected chi connectivity index (χ2v) is 2.67. The Labute approximate surface area is 75.5 Å². The third kappa shape index (κ3) is 1.65. The smallest absolute Gasteiger partial charge is 0.217 e. The lowest BCUT2D eigenvalue weighted by Crippen LogP contribution is -2.14. The molecule has 3 nitrogen and oxygen atoms in total. The number of carbonyl (C=O) groups is 1. The normalized spacial score (nSPS) is 9.42. The van der Waals surface area contributed by atoms with Gasteiger partial charge in [-0.15, -0.1) is 12.6 Å². The van der Waals surface area contributed by atoms with Crippen LogP contribution in [0.3, 0.4) is 0 Å². The number of benzene rings is 1. The topological polar surface area (TPSA) is 66.9 Å². The van der Waals surface area contributed by atoms with Crippen LogP contribution in [0, 0.1) is 5.41 Å². The van der Waals surface area contributed by atoms with Crippen LogP contribution >= 0.6 is 12.6 Å². The maximum Gasteiger partial charge on any atom is 0.217 e. The predicted octanol–water partition coefficient (Wildman–Crippen LogP) is 1.04. The molecule has 0 aliphatic rings. The molecule has 1 rings (SSSR count). The van der Waals surface area contributed by atoms with Crippen LogP contribution < -0.4 is 5.73 Å². The van der Waals surface area contributed by atoms with E-state index in [-0.39, 0.29) is 11.0 Å². The van der Waals surface area contributed by atoms with Crippen molar-refractivity contribution in [1.29, 1.82) is 5.41 Å². The Morgan fingerprint density at radius 3 is 2.17 bits per heavy atom. The molecule has 0 fully saturated rings. The van der Waals surface area contributed by atoms with E-state index in [9.17, 15) is 4.79 Å². The monoisotopic (exact) mass is 180 g/mol. The fraction of sp³-hybridized carbons (Fsp3) is 0. The van der Waals surface area contributed by atoms with E-state index >= 15 is 0 Å². The van der Waals surface area contributed by atoms with Gasteiger partial charge in [-0.3, -0.25) is 10.2 Å². The number of hydrogen-bond donors (Lipinski definition) is 3. The Hall–Kier alpha value is -1.29. The zero-order chi connectivity index (χ0) is 9.14. The van der Waals surface area contributed by atoms with Crippen molar-refractivity contribution in [2.45, 2.75) is 0 Å². The molecule has 0 atom stereocenters. The first-order chi connectivity index (χ1) is 5.63. The predicted molar refractivity (Wildman–Crippen MR) is 50.8 cm³/mol. The highest BCUT2D eigenvalue weighted by Crippen LogP contribution is 2.09. The number of nitrogen functional groups attached to an aromatic ring is 1. The average Bonchev–Trinajstić information content (AvgIpc) is 2.04. The quantitative estimate of drug-likeness (QED) is 0.361. The summed E-state index contributed by atoms with van der Waals surface area (Å²) in [6.07, 6.45) is 0. The van der Waals surface area contributed by atoms with Crippen molar-refractivity contribution >= 4 is 23.6 Å². The van der Waals surface area contributed by atoms with Crippen LogP contribution in [0.1, 0.15) is 15.9 Å². The molecule has 0 aromatic heterocycles. The highest BCUT2D eigenvalue weighted by atomic mass is 32.1. The number of amidine groups is 1. The highest BCUT2D eigenvalue weighted by Gasteiger charge is 2.07. The van der Waals surface area contributed by atoms with E-state index in [0.29, 0.717) is 11.1 Å². The van der Waals surface area contributed by atoms with Crippen LogP contribution in [0.15, 0.2) is 24.3 Å². The molecule has 0 spiro atoms. The molecule has 0 aliphatic carbocycles. The molecule has 0 saturated heterocycles. The van der Waals surface area contributed by atoms with Gasteiger partial charge in [-0.25, -0.2) is 0 Å². The van der Waals surface area contributed by atoms with Gasteiger partial charge in [0.15, 0.2) is 0 Å². The first kappa shape index (κ1) is 8.80. The molecule has 0 heterocycles. The summed E-state index contributed by atoms with van der Waals surface area (Å²) in [4.78, 5) is 10.9. The number of rotatable bonds is 2. The van der Waals surface area contributed by atoms with Crippen LogP contribution in [0.2, 0.25) is 0 Å². The summed E-state index contributed by atoms with van der Waals surface area (Å²) >= 11 is 3.66. The summed E-state index contributed by atoms with van der Waals surface area (Å²) in [5.74, 6) is -0.118. The Morgan fingerprint density at radius 1 is 1.33 bits per heavy atom. The van der Waals surface area contributed by atoms with Crippen molar-refractivity contribution in [2.75, 3.05) is 0 Å². The first-order valence-corrected chi connectivity index (χ1v) is 3.74. The molecule has 0 amide bonds. The summed E-state index contributed by atoms with van der Waals surface area (Å²) in [6, 6.07) is 6.63. The van der Waals surface area contributed by atoms with Crippen LogP contribution in [0.25, 0.3) is 0 Å². The van der Waals surface area contributed by atoms with Gasteiger partial charge in [0.2, 0.25) is 5.12 Å². The minimum atomic E-state index is -0.374. The summed E-state index contributed by atoms with van der Waals surface area (Å²) in [6.45, 7) is 0. The van der Waals surface area contributed by atoms with Gasteiger partial charge in [-0.2, -0.15) is 0 Å². The van der Waals surface area contributed by atoms with Gasteiger partial charge in [0.05, 0.1) is 0 Å². The fourth-order valence-corrected chi connectivity index (χ4v) is 1.10. The van der Waals surface area contributed by atoms with Crippen molar-refractivity contribution in [3.63, 3.8) is 0 Å². The third-order valence-electron chi connectivity index (χ3n) is 1.45. The standard InChI is InChI=1S/C8H8N2OS/c9-7(10)5-3-1-2-4-6(5)8(11)12/h1-4H,(H3,9,10)(H,11,12). The summed E-state index contributed by atoms with van der Waals surface area (Å²) < 4.78 is 0. The van der Waals surface area contributed by atoms with Gasteiger partial charge in [0.1, 0.15) is 5.84 Å². The molecule has 4 heteroatoms. The lowest BCUT2D eigenvalue weighted by molar-refractivity contribution is 0.109. The van der Waals surface area contributed by atoms with Gasteiger partial charge >= 0.3 is 0 Å². The number of nitrogens with two attached hydrogens (primary N) is 1. The maximum atomic E-state index is 10.9. The molecule has 0 saturated carbocycles. The molecule has 1 aromatic rings. The lowest BCUT2D eigenvalue weighted by atomic mass is 10.1. The number of nitrogens with one attached hydrogen (secondary N) is 1. The van der Waals surface area contributed by atoms with Gasteiger partial charge < -0.3 is 5.73 Å². The van der Waals surface area contributed by atoms with Crippen LogP contribution in [-0.2, 0) is 0 Å². The Bertz CT molecular complexity index is 303. The average molecular weight is 180 g/mol. The molecule has 0 aliphatic heterocycles. The summed E-state index contributed by atoms with van der Waals surface area (Å²) in [5.41, 5.74) is 6.05. The minimum Gasteiger partial charge on any atom is -0.384 e. The third-order valence-corrected chi connectivity index (χ3v) is 1.69. The number of carbonyl (C=O) groups excluding carboxylic acids is 1. The van der Waals surface area contributed by atoms with E-state index in [4.69, 9.17) is 11.1 Å². The second-order valence-electron chi connectivity index (χ2n) is 2.26. The van der Waals surface area contributed by atoms with Crippen molar-refractivity contribution in [2.24, 2.45) is 5.73 Å². The Morgan fingerprint density at radius 2 is 1.83 bits per heavy atom. The fourth-order valence-electron chi connectivity index (χ4n) is 0.904. The molecule has 12 heavy (non-hydrogen) atoms. The van der Waals surface area contributed by atoms with Crippen LogP contribution in [-0.4, -0.2) is 11.0 Å². The van der Waals surface area contributed by atoms with Crippen LogP contribution in [0.5, 0.6) is 0 Å². The molecule has 0 unspecified atom stereocenters. The zero-order valence-corrected chi connectivity index (χ0v) is 7.14. The second kappa shape index (κ2) is 3.40. The molecule has 0 radical (unpaired) electrons. The largest absolute Gasteiger partial charge is 0.384 e. The van der Waals surface area contributed by atoms with E-state index in [1.165, 1.54) is 0 Å². The van der Waals surface area contributed by atoms with Gasteiger partial charge in [0, 0.05) is 11.1 Å². The lowest BCUT2D eigenvalue weighted by Gasteiger charge is -2.02. The van der Waals surface area contributed by atoms with Gasteiger partial charge in [0.25, 0.3) is 0 Å². The van der Waals surface area contributed by atoms with E-state index in [1.54, 1.807) is 24.3 Å². The van der Waals surface area contributed by atoms with E-state index < -0.39 is 0 Å². The zero-order valence-electron chi connectivity index (χ0n) is 6.24. The molecule has 3 N–H and O–H groups in total. The van der Waals surface area contributed by atoms with Gasteiger partial charge in [-0.1, -0.05) is 18.2 Å². The van der Waals surface area contributed by atoms with Crippen LogP contribution in [0.4, 0.5) is 0 Å². The van der Waals surface area contributed by atoms with E-state index in [2.05, 4.69) is 12.6 Å². The maximum absolute atomic E-state index is 10.9. The highest BCUT2D eigenvalue weighted by molar-refractivity contribution is 7.97. The van der Waals surface area contributed by atoms with E-state index in [0.717, 1.165) is 0 Å². The minimum absolute atomic E-state index is 0.118. The number of hydrogen-bond acceptors (Lipinski definition) is 2. The van der Waals surface area contributed by atoms with Crippen molar-refractivity contribution < 1.29 is 4.79 Å². The molecule has 62 valence electrons. The summed E-state index contributed by atoms with van der Waals surface area (Å²) in [7, 11) is 0.